The molecule has 0 spiro atoms. The van der Waals surface area contributed by atoms with E-state index in [0.717, 1.165) is 30.6 Å². The van der Waals surface area contributed by atoms with Gasteiger partial charge in [-0.15, -0.1) is 0 Å². The van der Waals surface area contributed by atoms with E-state index in [1.807, 2.05) is 24.4 Å². The molecule has 2 heteroatoms. The average molecular weight is 192 g/mol. The fourth-order valence-corrected chi connectivity index (χ4v) is 1.17. The van der Waals surface area contributed by atoms with Gasteiger partial charge in [0.15, 0.2) is 0 Å². The Labute approximate surface area is 86.8 Å². The number of aromatic nitrogens is 1. The van der Waals surface area contributed by atoms with Gasteiger partial charge in [0, 0.05) is 12.7 Å². The SMILES string of the molecule is CC(C)[C@H](C)CNCc1ccccn1. The number of hydrogen-bond donors (Lipinski definition) is 1. The lowest BCUT2D eigenvalue weighted by Gasteiger charge is -2.15. The number of rotatable bonds is 5. The van der Waals surface area contributed by atoms with Gasteiger partial charge >= 0.3 is 0 Å². The lowest BCUT2D eigenvalue weighted by Crippen LogP contribution is -2.24. The number of nitrogens with zero attached hydrogens (tertiary/aromatic N) is 1. The van der Waals surface area contributed by atoms with E-state index in [1.54, 1.807) is 0 Å². The van der Waals surface area contributed by atoms with E-state index in [0.29, 0.717) is 0 Å². The maximum absolute atomic E-state index is 4.26. The Morgan fingerprint density at radius 1 is 1.29 bits per heavy atom. The smallest absolute Gasteiger partial charge is 0.0541 e. The van der Waals surface area contributed by atoms with Gasteiger partial charge in [0.2, 0.25) is 0 Å². The molecule has 0 aliphatic rings. The molecular weight excluding hydrogens is 172 g/mol. The molecule has 1 aromatic heterocycles. The zero-order valence-electron chi connectivity index (χ0n) is 9.33. The van der Waals surface area contributed by atoms with Gasteiger partial charge in [-0.25, -0.2) is 0 Å². The molecule has 1 rings (SSSR count). The molecule has 78 valence electrons. The van der Waals surface area contributed by atoms with Gasteiger partial charge in [-0.2, -0.15) is 0 Å². The van der Waals surface area contributed by atoms with Crippen molar-refractivity contribution in [3.63, 3.8) is 0 Å². The first-order valence-corrected chi connectivity index (χ1v) is 5.30. The second kappa shape index (κ2) is 5.76. The summed E-state index contributed by atoms with van der Waals surface area (Å²) in [6, 6.07) is 6.02. The predicted molar refractivity (Wildman–Crippen MR) is 59.9 cm³/mol. The Morgan fingerprint density at radius 2 is 2.07 bits per heavy atom. The molecule has 0 saturated carbocycles. The number of nitrogens with one attached hydrogen (secondary N) is 1. The lowest BCUT2D eigenvalue weighted by molar-refractivity contribution is 0.391. The van der Waals surface area contributed by atoms with Gasteiger partial charge in [0.25, 0.3) is 0 Å². The summed E-state index contributed by atoms with van der Waals surface area (Å²) in [5, 5.41) is 3.42. The van der Waals surface area contributed by atoms with E-state index in [4.69, 9.17) is 0 Å². The maximum atomic E-state index is 4.26. The van der Waals surface area contributed by atoms with Crippen LogP contribution in [-0.4, -0.2) is 11.5 Å². The zero-order valence-corrected chi connectivity index (χ0v) is 9.33. The molecule has 0 saturated heterocycles. The van der Waals surface area contributed by atoms with Crippen LogP contribution in [0.5, 0.6) is 0 Å². The number of pyridine rings is 1. The van der Waals surface area contributed by atoms with Crippen molar-refractivity contribution in [3.05, 3.63) is 30.1 Å². The van der Waals surface area contributed by atoms with Gasteiger partial charge in [-0.05, 0) is 30.5 Å². The van der Waals surface area contributed by atoms with Crippen LogP contribution in [0.15, 0.2) is 24.4 Å². The molecule has 2 nitrogen and oxygen atoms in total. The molecule has 1 N–H and O–H groups in total. The molecule has 0 radical (unpaired) electrons. The van der Waals surface area contributed by atoms with Crippen LogP contribution in [0.4, 0.5) is 0 Å². The fraction of sp³-hybridized carbons (Fsp3) is 0.583. The first-order valence-electron chi connectivity index (χ1n) is 5.30. The molecule has 1 atom stereocenters. The van der Waals surface area contributed by atoms with Gasteiger partial charge in [0.05, 0.1) is 5.69 Å². The van der Waals surface area contributed by atoms with E-state index in [1.165, 1.54) is 0 Å². The maximum Gasteiger partial charge on any atom is 0.0541 e. The summed E-state index contributed by atoms with van der Waals surface area (Å²) in [6.45, 7) is 8.72. The second-order valence-electron chi connectivity index (χ2n) is 4.17. The Balaban J connectivity index is 2.22. The summed E-state index contributed by atoms with van der Waals surface area (Å²) in [6.07, 6.45) is 1.84. The highest BCUT2D eigenvalue weighted by Gasteiger charge is 2.05. The topological polar surface area (TPSA) is 24.9 Å². The summed E-state index contributed by atoms with van der Waals surface area (Å²) in [5.41, 5.74) is 1.11. The Morgan fingerprint density at radius 3 is 2.64 bits per heavy atom. The van der Waals surface area contributed by atoms with Crippen LogP contribution in [0.3, 0.4) is 0 Å². The predicted octanol–water partition coefficient (Wildman–Crippen LogP) is 2.46. The molecule has 0 aromatic carbocycles. The average Bonchev–Trinajstić information content (AvgIpc) is 2.19. The van der Waals surface area contributed by atoms with Crippen molar-refractivity contribution in [2.24, 2.45) is 11.8 Å². The quantitative estimate of drug-likeness (QED) is 0.775. The van der Waals surface area contributed by atoms with Crippen molar-refractivity contribution in [2.75, 3.05) is 6.54 Å². The Bertz CT molecular complexity index is 244. The van der Waals surface area contributed by atoms with Crippen molar-refractivity contribution in [1.29, 1.82) is 0 Å². The molecular formula is C12H20N2. The third-order valence-electron chi connectivity index (χ3n) is 2.64. The number of hydrogen-bond acceptors (Lipinski definition) is 2. The standard InChI is InChI=1S/C12H20N2/c1-10(2)11(3)8-13-9-12-6-4-5-7-14-12/h4-7,10-11,13H,8-9H2,1-3H3/t11-/m1/s1. The third kappa shape index (κ3) is 3.88. The Hall–Kier alpha value is -0.890. The summed E-state index contributed by atoms with van der Waals surface area (Å²) < 4.78 is 0. The van der Waals surface area contributed by atoms with Crippen LogP contribution in [0.2, 0.25) is 0 Å². The molecule has 1 heterocycles. The monoisotopic (exact) mass is 192 g/mol. The van der Waals surface area contributed by atoms with Gasteiger partial charge < -0.3 is 5.32 Å². The molecule has 14 heavy (non-hydrogen) atoms. The summed E-state index contributed by atoms with van der Waals surface area (Å²) in [4.78, 5) is 4.26. The van der Waals surface area contributed by atoms with Crippen molar-refractivity contribution >= 4 is 0 Å². The minimum atomic E-state index is 0.721. The molecule has 0 amide bonds. The van der Waals surface area contributed by atoms with Crippen molar-refractivity contribution in [1.82, 2.24) is 10.3 Å². The zero-order chi connectivity index (χ0) is 10.4. The van der Waals surface area contributed by atoms with Crippen LogP contribution in [0.25, 0.3) is 0 Å². The largest absolute Gasteiger partial charge is 0.311 e. The minimum absolute atomic E-state index is 0.721. The van der Waals surface area contributed by atoms with Gasteiger partial charge in [-0.3, -0.25) is 4.98 Å². The third-order valence-corrected chi connectivity index (χ3v) is 2.64. The van der Waals surface area contributed by atoms with Crippen LogP contribution >= 0.6 is 0 Å². The molecule has 0 unspecified atom stereocenters. The summed E-state index contributed by atoms with van der Waals surface area (Å²) in [7, 11) is 0. The van der Waals surface area contributed by atoms with Gasteiger partial charge in [0.1, 0.15) is 0 Å². The highest BCUT2D eigenvalue weighted by atomic mass is 14.9. The summed E-state index contributed by atoms with van der Waals surface area (Å²) >= 11 is 0. The Kier molecular flexibility index (Phi) is 4.60. The van der Waals surface area contributed by atoms with Crippen LogP contribution < -0.4 is 5.32 Å². The van der Waals surface area contributed by atoms with Crippen molar-refractivity contribution < 1.29 is 0 Å². The molecule has 1 aromatic rings. The fourth-order valence-electron chi connectivity index (χ4n) is 1.17. The van der Waals surface area contributed by atoms with Crippen LogP contribution in [0.1, 0.15) is 26.5 Å². The van der Waals surface area contributed by atoms with E-state index < -0.39 is 0 Å². The summed E-state index contributed by atoms with van der Waals surface area (Å²) in [5.74, 6) is 1.46. The normalized spacial score (nSPS) is 13.1. The highest BCUT2D eigenvalue weighted by molar-refractivity contribution is 5.02. The van der Waals surface area contributed by atoms with Crippen molar-refractivity contribution in [2.45, 2.75) is 27.3 Å². The van der Waals surface area contributed by atoms with Crippen LogP contribution in [0, 0.1) is 11.8 Å². The lowest BCUT2D eigenvalue weighted by atomic mass is 9.98. The van der Waals surface area contributed by atoms with E-state index in [9.17, 15) is 0 Å². The first-order chi connectivity index (χ1) is 6.70. The highest BCUT2D eigenvalue weighted by Crippen LogP contribution is 2.07. The van der Waals surface area contributed by atoms with E-state index in [2.05, 4.69) is 31.1 Å². The van der Waals surface area contributed by atoms with E-state index >= 15 is 0 Å². The molecule has 0 aliphatic carbocycles. The second-order valence-corrected chi connectivity index (χ2v) is 4.17. The van der Waals surface area contributed by atoms with Crippen molar-refractivity contribution in [3.8, 4) is 0 Å². The molecule has 0 aliphatic heterocycles. The van der Waals surface area contributed by atoms with E-state index in [-0.39, 0.29) is 0 Å². The molecule has 0 bridgehead atoms. The van der Waals surface area contributed by atoms with Gasteiger partial charge in [-0.1, -0.05) is 26.8 Å². The molecule has 0 fully saturated rings. The first kappa shape index (κ1) is 11.2. The van der Waals surface area contributed by atoms with Crippen LogP contribution in [-0.2, 0) is 6.54 Å². The minimum Gasteiger partial charge on any atom is -0.311 e.